The first kappa shape index (κ1) is 16.0. The van der Waals surface area contributed by atoms with Gasteiger partial charge in [0.2, 0.25) is 0 Å². The molecule has 0 spiro atoms. The quantitative estimate of drug-likeness (QED) is 0.690. The molecule has 1 aromatic carbocycles. The van der Waals surface area contributed by atoms with E-state index >= 15 is 0 Å². The van der Waals surface area contributed by atoms with Gasteiger partial charge in [0.15, 0.2) is 6.04 Å². The number of aliphatic hydroxyl groups excluding tert-OH is 1. The molecule has 0 aliphatic heterocycles. The van der Waals surface area contributed by atoms with Gasteiger partial charge in [-0.05, 0) is 30.2 Å². The van der Waals surface area contributed by atoms with Gasteiger partial charge in [-0.3, -0.25) is 4.79 Å². The highest BCUT2D eigenvalue weighted by atomic mass is 16.5. The van der Waals surface area contributed by atoms with Crippen LogP contribution in [0.25, 0.3) is 0 Å². The van der Waals surface area contributed by atoms with Gasteiger partial charge in [0, 0.05) is 5.56 Å². The van der Waals surface area contributed by atoms with Crippen molar-refractivity contribution in [3.05, 3.63) is 29.8 Å². The SMILES string of the molecule is CC(C)COc1ccc(C(=O)NC(CO)C(=O)O)cc1. The highest BCUT2D eigenvalue weighted by Gasteiger charge is 2.19. The monoisotopic (exact) mass is 281 g/mol. The van der Waals surface area contributed by atoms with Crippen LogP contribution >= 0.6 is 0 Å². The van der Waals surface area contributed by atoms with Crippen LogP contribution in [0.15, 0.2) is 24.3 Å². The number of carboxylic acid groups (broad SMARTS) is 1. The van der Waals surface area contributed by atoms with Crippen LogP contribution in [0, 0.1) is 5.92 Å². The summed E-state index contributed by atoms with van der Waals surface area (Å²) >= 11 is 0. The summed E-state index contributed by atoms with van der Waals surface area (Å²) in [6.45, 7) is 3.99. The second-order valence-corrected chi connectivity index (χ2v) is 4.78. The Kier molecular flexibility index (Phi) is 5.99. The van der Waals surface area contributed by atoms with E-state index < -0.39 is 24.5 Å². The maximum absolute atomic E-state index is 11.8. The van der Waals surface area contributed by atoms with Gasteiger partial charge in [-0.15, -0.1) is 0 Å². The molecule has 1 amide bonds. The lowest BCUT2D eigenvalue weighted by Gasteiger charge is -2.12. The molecule has 0 saturated heterocycles. The maximum atomic E-state index is 11.8. The first-order valence-corrected chi connectivity index (χ1v) is 6.31. The van der Waals surface area contributed by atoms with Crippen molar-refractivity contribution in [1.82, 2.24) is 5.32 Å². The molecule has 1 rings (SSSR count). The third-order valence-corrected chi connectivity index (χ3v) is 2.49. The first-order valence-electron chi connectivity index (χ1n) is 6.31. The van der Waals surface area contributed by atoms with Crippen LogP contribution in [0.3, 0.4) is 0 Å². The summed E-state index contributed by atoms with van der Waals surface area (Å²) in [6, 6.07) is 5.07. The van der Waals surface area contributed by atoms with E-state index in [2.05, 4.69) is 5.32 Å². The van der Waals surface area contributed by atoms with E-state index in [-0.39, 0.29) is 0 Å². The number of amides is 1. The minimum Gasteiger partial charge on any atom is -0.493 e. The second-order valence-electron chi connectivity index (χ2n) is 4.78. The van der Waals surface area contributed by atoms with Gasteiger partial charge < -0.3 is 20.3 Å². The van der Waals surface area contributed by atoms with Crippen molar-refractivity contribution >= 4 is 11.9 Å². The van der Waals surface area contributed by atoms with Crippen LogP contribution < -0.4 is 10.1 Å². The topological polar surface area (TPSA) is 95.9 Å². The summed E-state index contributed by atoms with van der Waals surface area (Å²) in [5.74, 6) is -0.786. The minimum atomic E-state index is -1.31. The number of nitrogens with one attached hydrogen (secondary N) is 1. The van der Waals surface area contributed by atoms with Gasteiger partial charge in [-0.1, -0.05) is 13.8 Å². The first-order chi connectivity index (χ1) is 9.43. The predicted molar refractivity (Wildman–Crippen MR) is 72.8 cm³/mol. The molecule has 0 radical (unpaired) electrons. The number of carboxylic acids is 1. The van der Waals surface area contributed by atoms with Gasteiger partial charge in [0.05, 0.1) is 13.2 Å². The zero-order valence-electron chi connectivity index (χ0n) is 11.5. The number of aliphatic hydroxyl groups is 1. The molecule has 0 fully saturated rings. The lowest BCUT2D eigenvalue weighted by Crippen LogP contribution is -2.43. The molecule has 1 atom stereocenters. The molecular formula is C14H19NO5. The average Bonchev–Trinajstić information content (AvgIpc) is 2.42. The summed E-state index contributed by atoms with van der Waals surface area (Å²) in [6.07, 6.45) is 0. The Balaban J connectivity index is 2.63. The Bertz CT molecular complexity index is 455. The van der Waals surface area contributed by atoms with Crippen LogP contribution in [0.2, 0.25) is 0 Å². The lowest BCUT2D eigenvalue weighted by molar-refractivity contribution is -0.140. The van der Waals surface area contributed by atoms with E-state index in [1.54, 1.807) is 24.3 Å². The van der Waals surface area contributed by atoms with Gasteiger partial charge in [-0.2, -0.15) is 0 Å². The van der Waals surface area contributed by atoms with Crippen molar-refractivity contribution in [2.75, 3.05) is 13.2 Å². The Labute approximate surface area is 117 Å². The van der Waals surface area contributed by atoms with Gasteiger partial charge in [0.25, 0.3) is 5.91 Å². The van der Waals surface area contributed by atoms with E-state index in [0.29, 0.717) is 23.8 Å². The molecule has 0 bridgehead atoms. The van der Waals surface area contributed by atoms with Crippen LogP contribution in [-0.2, 0) is 4.79 Å². The molecule has 20 heavy (non-hydrogen) atoms. The summed E-state index contributed by atoms with van der Waals surface area (Å²) < 4.78 is 5.48. The molecule has 1 unspecified atom stereocenters. The smallest absolute Gasteiger partial charge is 0.328 e. The molecule has 0 saturated carbocycles. The second kappa shape index (κ2) is 7.49. The summed E-state index contributed by atoms with van der Waals surface area (Å²) in [4.78, 5) is 22.5. The third-order valence-electron chi connectivity index (χ3n) is 2.49. The fourth-order valence-corrected chi connectivity index (χ4v) is 1.39. The molecule has 1 aromatic rings. The van der Waals surface area contributed by atoms with Crippen molar-refractivity contribution in [1.29, 1.82) is 0 Å². The largest absolute Gasteiger partial charge is 0.493 e. The fourth-order valence-electron chi connectivity index (χ4n) is 1.39. The van der Waals surface area contributed by atoms with Crippen molar-refractivity contribution < 1.29 is 24.5 Å². The van der Waals surface area contributed by atoms with Crippen LogP contribution in [0.5, 0.6) is 5.75 Å². The van der Waals surface area contributed by atoms with Crippen molar-refractivity contribution in [2.24, 2.45) is 5.92 Å². The number of carbonyl (C=O) groups excluding carboxylic acids is 1. The zero-order valence-corrected chi connectivity index (χ0v) is 11.5. The molecule has 0 aromatic heterocycles. The van der Waals surface area contributed by atoms with E-state index in [9.17, 15) is 9.59 Å². The third kappa shape index (κ3) is 4.89. The molecule has 3 N–H and O–H groups in total. The lowest BCUT2D eigenvalue weighted by atomic mass is 10.2. The Morgan fingerprint density at radius 3 is 2.30 bits per heavy atom. The molecular weight excluding hydrogens is 262 g/mol. The summed E-state index contributed by atoms with van der Waals surface area (Å²) in [5.41, 5.74) is 0.307. The van der Waals surface area contributed by atoms with Crippen molar-refractivity contribution in [3.63, 3.8) is 0 Å². The molecule has 0 aliphatic rings. The standard InChI is InChI=1S/C14H19NO5/c1-9(2)8-20-11-5-3-10(4-6-11)13(17)15-12(7-16)14(18)19/h3-6,9,12,16H,7-8H2,1-2H3,(H,15,17)(H,18,19). The molecule has 6 nitrogen and oxygen atoms in total. The van der Waals surface area contributed by atoms with Crippen LogP contribution in [-0.4, -0.2) is 41.3 Å². The Morgan fingerprint density at radius 1 is 1.25 bits per heavy atom. The van der Waals surface area contributed by atoms with Crippen LogP contribution in [0.1, 0.15) is 24.2 Å². The molecule has 0 aliphatic carbocycles. The Hall–Kier alpha value is -2.08. The molecule has 0 heterocycles. The number of aliphatic carboxylic acids is 1. The minimum absolute atomic E-state index is 0.307. The summed E-state index contributed by atoms with van der Waals surface area (Å²) in [7, 11) is 0. The predicted octanol–water partition coefficient (Wildman–Crippen LogP) is 0.897. The van der Waals surface area contributed by atoms with Crippen LogP contribution in [0.4, 0.5) is 0 Å². The number of ether oxygens (including phenoxy) is 1. The number of carbonyl (C=O) groups is 2. The summed E-state index contributed by atoms with van der Waals surface area (Å²) in [5, 5.41) is 19.8. The van der Waals surface area contributed by atoms with E-state index in [4.69, 9.17) is 14.9 Å². The average molecular weight is 281 g/mol. The number of rotatable bonds is 7. The Morgan fingerprint density at radius 2 is 1.85 bits per heavy atom. The van der Waals surface area contributed by atoms with Crippen molar-refractivity contribution in [2.45, 2.75) is 19.9 Å². The van der Waals surface area contributed by atoms with Gasteiger partial charge >= 0.3 is 5.97 Å². The highest BCUT2D eigenvalue weighted by Crippen LogP contribution is 2.13. The number of hydrogen-bond donors (Lipinski definition) is 3. The fraction of sp³-hybridized carbons (Fsp3) is 0.429. The zero-order chi connectivity index (χ0) is 15.1. The van der Waals surface area contributed by atoms with Gasteiger partial charge in [-0.25, -0.2) is 4.79 Å². The van der Waals surface area contributed by atoms with E-state index in [1.165, 1.54) is 0 Å². The molecule has 110 valence electrons. The van der Waals surface area contributed by atoms with E-state index in [0.717, 1.165) is 0 Å². The van der Waals surface area contributed by atoms with Crippen molar-refractivity contribution in [3.8, 4) is 5.75 Å². The highest BCUT2D eigenvalue weighted by molar-refractivity contribution is 5.96. The molecule has 6 heteroatoms. The maximum Gasteiger partial charge on any atom is 0.328 e. The normalized spacial score (nSPS) is 12.0. The number of benzene rings is 1. The van der Waals surface area contributed by atoms with E-state index in [1.807, 2.05) is 13.8 Å². The van der Waals surface area contributed by atoms with Gasteiger partial charge in [0.1, 0.15) is 5.75 Å². The number of hydrogen-bond acceptors (Lipinski definition) is 4.